The molecule has 1 saturated heterocycles. The maximum Gasteiger partial charge on any atom is 0.254 e. The van der Waals surface area contributed by atoms with E-state index in [1.165, 1.54) is 36.3 Å². The molecule has 11 heteroatoms. The fourth-order valence-corrected chi connectivity index (χ4v) is 4.89. The maximum absolute atomic E-state index is 13.5. The number of carbonyl (C=O) groups is 2. The van der Waals surface area contributed by atoms with Crippen LogP contribution in [0.4, 0.5) is 10.3 Å². The Bertz CT molecular complexity index is 1550. The molecule has 1 N–H and O–H groups in total. The Balaban J connectivity index is 1.44. The van der Waals surface area contributed by atoms with Crippen molar-refractivity contribution in [1.82, 2.24) is 14.5 Å². The molecule has 4 aromatic rings. The van der Waals surface area contributed by atoms with Crippen LogP contribution in [0.3, 0.4) is 0 Å². The van der Waals surface area contributed by atoms with E-state index in [-0.39, 0.29) is 30.7 Å². The van der Waals surface area contributed by atoms with Crippen LogP contribution in [-0.2, 0) is 9.53 Å². The highest BCUT2D eigenvalue weighted by Crippen LogP contribution is 2.32. The zero-order valence-corrected chi connectivity index (χ0v) is 23.9. The molecule has 3 aromatic carbocycles. The highest BCUT2D eigenvalue weighted by Gasteiger charge is 2.26. The molecule has 1 aliphatic rings. The Morgan fingerprint density at radius 2 is 1.81 bits per heavy atom. The molecule has 0 spiro atoms. The predicted molar refractivity (Wildman–Crippen MR) is 157 cm³/mol. The summed E-state index contributed by atoms with van der Waals surface area (Å²) >= 11 is 6.08. The monoisotopic (exact) mass is 592 g/mol. The molecule has 1 atom stereocenters. The van der Waals surface area contributed by atoms with E-state index in [4.69, 9.17) is 30.8 Å². The molecule has 1 fully saturated rings. The van der Waals surface area contributed by atoms with Gasteiger partial charge in [0.15, 0.2) is 11.5 Å². The van der Waals surface area contributed by atoms with Gasteiger partial charge in [-0.05, 0) is 61.4 Å². The maximum atomic E-state index is 13.5. The molecule has 5 rings (SSSR count). The van der Waals surface area contributed by atoms with Crippen LogP contribution in [0.2, 0.25) is 5.02 Å². The smallest absolute Gasteiger partial charge is 0.254 e. The van der Waals surface area contributed by atoms with E-state index >= 15 is 0 Å². The zero-order valence-electron chi connectivity index (χ0n) is 23.2. The first kappa shape index (κ1) is 29.1. The van der Waals surface area contributed by atoms with Crippen LogP contribution < -0.4 is 14.8 Å². The number of amides is 2. The van der Waals surface area contributed by atoms with E-state index in [0.29, 0.717) is 34.5 Å². The molecule has 0 saturated carbocycles. The highest BCUT2D eigenvalue weighted by atomic mass is 35.5. The molecule has 1 aliphatic heterocycles. The molecule has 1 aromatic heterocycles. The van der Waals surface area contributed by atoms with Crippen molar-refractivity contribution in [3.8, 4) is 28.4 Å². The first-order valence-electron chi connectivity index (χ1n) is 13.4. The number of nitrogens with one attached hydrogen (secondary N) is 1. The summed E-state index contributed by atoms with van der Waals surface area (Å²) in [5.41, 5.74) is 2.32. The average molecular weight is 593 g/mol. The lowest BCUT2D eigenvalue weighted by Crippen LogP contribution is -2.42. The highest BCUT2D eigenvalue weighted by molar-refractivity contribution is 6.30. The van der Waals surface area contributed by atoms with E-state index in [1.54, 1.807) is 42.1 Å². The number of methoxy groups -OCH3 is 2. The quantitative estimate of drug-likeness (QED) is 0.257. The lowest BCUT2D eigenvalue weighted by Gasteiger charge is -2.25. The van der Waals surface area contributed by atoms with E-state index in [2.05, 4.69) is 5.32 Å². The van der Waals surface area contributed by atoms with E-state index in [9.17, 15) is 14.0 Å². The van der Waals surface area contributed by atoms with Crippen LogP contribution in [-0.4, -0.2) is 66.3 Å². The van der Waals surface area contributed by atoms with Gasteiger partial charge in [0, 0.05) is 41.6 Å². The molecular weight excluding hydrogens is 563 g/mol. The molecule has 2 heterocycles. The van der Waals surface area contributed by atoms with Gasteiger partial charge >= 0.3 is 0 Å². The van der Waals surface area contributed by atoms with Gasteiger partial charge in [-0.2, -0.15) is 0 Å². The minimum Gasteiger partial charge on any atom is -0.493 e. The molecule has 9 nitrogen and oxygen atoms in total. The molecular formula is C31H30ClFN4O5. The van der Waals surface area contributed by atoms with E-state index in [0.717, 1.165) is 18.4 Å². The summed E-state index contributed by atoms with van der Waals surface area (Å²) in [6.45, 7) is 0.570. The standard InChI is InChI=1S/C31H30ClFN4O5/c1-40-27-14-13-24(16-28(27)41-2)37-18-26(20-5-9-22(32)10-6-20)34-31(37)35-29(38)19-36(17-25-4-3-15-42-25)30(39)21-7-11-23(33)12-8-21/h5-14,16,18,25H,3-4,15,17,19H2,1-2H3,(H,34,35,38)/t25-/m0/s1. The molecule has 0 unspecified atom stereocenters. The lowest BCUT2D eigenvalue weighted by atomic mass is 10.1. The van der Waals surface area contributed by atoms with E-state index < -0.39 is 17.6 Å². The van der Waals surface area contributed by atoms with Gasteiger partial charge in [0.1, 0.15) is 12.4 Å². The molecule has 0 aliphatic carbocycles. The van der Waals surface area contributed by atoms with E-state index in [1.807, 2.05) is 18.2 Å². The summed E-state index contributed by atoms with van der Waals surface area (Å²) in [5, 5.41) is 3.45. The number of aromatic nitrogens is 2. The molecule has 0 bridgehead atoms. The van der Waals surface area contributed by atoms with Crippen LogP contribution in [0.25, 0.3) is 16.9 Å². The van der Waals surface area contributed by atoms with Crippen LogP contribution in [0.1, 0.15) is 23.2 Å². The number of nitrogens with zero attached hydrogens (tertiary/aromatic N) is 3. The van der Waals surface area contributed by atoms with Crippen molar-refractivity contribution in [2.75, 3.05) is 39.2 Å². The van der Waals surface area contributed by atoms with Crippen LogP contribution >= 0.6 is 11.6 Å². The number of carbonyl (C=O) groups excluding carboxylic acids is 2. The normalized spacial score (nSPS) is 14.4. The number of ether oxygens (including phenoxy) is 3. The Morgan fingerprint density at radius 1 is 1.07 bits per heavy atom. The third-order valence-electron chi connectivity index (χ3n) is 6.90. The Labute approximate surface area is 247 Å². The van der Waals surface area contributed by atoms with Crippen molar-refractivity contribution in [1.29, 1.82) is 0 Å². The number of imidazole rings is 1. The van der Waals surface area contributed by atoms with Gasteiger partial charge < -0.3 is 19.1 Å². The summed E-state index contributed by atoms with van der Waals surface area (Å²) in [6.07, 6.45) is 3.26. The molecule has 42 heavy (non-hydrogen) atoms. The summed E-state index contributed by atoms with van der Waals surface area (Å²) in [6, 6.07) is 17.8. The van der Waals surface area contributed by atoms with Crippen LogP contribution in [0.15, 0.2) is 72.9 Å². The minimum absolute atomic E-state index is 0.188. The second kappa shape index (κ2) is 13.1. The van der Waals surface area contributed by atoms with Crippen LogP contribution in [0, 0.1) is 5.82 Å². The Hall–Kier alpha value is -4.41. The van der Waals surface area contributed by atoms with Gasteiger partial charge in [0.2, 0.25) is 11.9 Å². The second-order valence-electron chi connectivity index (χ2n) is 9.74. The summed E-state index contributed by atoms with van der Waals surface area (Å²) in [7, 11) is 3.09. The fraction of sp³-hybridized carbons (Fsp3) is 0.258. The second-order valence-corrected chi connectivity index (χ2v) is 10.2. The average Bonchev–Trinajstić information content (AvgIpc) is 3.67. The lowest BCUT2D eigenvalue weighted by molar-refractivity contribution is -0.117. The summed E-state index contributed by atoms with van der Waals surface area (Å²) < 4.78 is 31.8. The SMILES string of the molecule is COc1ccc(-n2cc(-c3ccc(Cl)cc3)nc2NC(=O)CN(C[C@@H]2CCCO2)C(=O)c2ccc(F)cc2)cc1OC. The van der Waals surface area contributed by atoms with Crippen molar-refractivity contribution in [3.05, 3.63) is 89.3 Å². The van der Waals surface area contributed by atoms with Gasteiger partial charge in [0.05, 0.1) is 31.7 Å². The third kappa shape index (κ3) is 6.72. The number of halogens is 2. The number of hydrogen-bond donors (Lipinski definition) is 1. The van der Waals surface area contributed by atoms with Gasteiger partial charge in [-0.3, -0.25) is 19.5 Å². The largest absolute Gasteiger partial charge is 0.493 e. The van der Waals surface area contributed by atoms with Gasteiger partial charge in [-0.15, -0.1) is 0 Å². The Kier molecular flexibility index (Phi) is 9.04. The number of benzene rings is 3. The molecule has 2 amide bonds. The van der Waals surface area contributed by atoms with Crippen molar-refractivity contribution < 1.29 is 28.2 Å². The molecule has 0 radical (unpaired) electrons. The van der Waals surface area contributed by atoms with Gasteiger partial charge in [0.25, 0.3) is 5.91 Å². The molecule has 218 valence electrons. The van der Waals surface area contributed by atoms with Crippen molar-refractivity contribution in [3.63, 3.8) is 0 Å². The Morgan fingerprint density at radius 3 is 2.48 bits per heavy atom. The van der Waals surface area contributed by atoms with Crippen LogP contribution in [0.5, 0.6) is 11.5 Å². The summed E-state index contributed by atoms with van der Waals surface area (Å²) in [5.74, 6) is -0.0169. The first-order valence-corrected chi connectivity index (χ1v) is 13.8. The predicted octanol–water partition coefficient (Wildman–Crippen LogP) is 5.61. The first-order chi connectivity index (χ1) is 20.3. The topological polar surface area (TPSA) is 94.9 Å². The van der Waals surface area contributed by atoms with Crippen molar-refractivity contribution in [2.24, 2.45) is 0 Å². The fourth-order valence-electron chi connectivity index (χ4n) is 4.77. The summed E-state index contributed by atoms with van der Waals surface area (Å²) in [4.78, 5) is 33.0. The van der Waals surface area contributed by atoms with Gasteiger partial charge in [-0.1, -0.05) is 23.7 Å². The third-order valence-corrected chi connectivity index (χ3v) is 7.16. The van der Waals surface area contributed by atoms with Crippen molar-refractivity contribution >= 4 is 29.4 Å². The zero-order chi connectivity index (χ0) is 29.6. The van der Waals surface area contributed by atoms with Crippen molar-refractivity contribution in [2.45, 2.75) is 18.9 Å². The minimum atomic E-state index is -0.460. The number of anilines is 1. The van der Waals surface area contributed by atoms with Gasteiger partial charge in [-0.25, -0.2) is 9.37 Å². The number of rotatable bonds is 10. The number of hydrogen-bond acceptors (Lipinski definition) is 6.